The molecule has 1 aromatic heterocycles. The summed E-state index contributed by atoms with van der Waals surface area (Å²) in [4.78, 5) is 22.8. The number of anilines is 1. The van der Waals surface area contributed by atoms with E-state index in [4.69, 9.17) is 5.73 Å². The standard InChI is InChI=1S/C16H21N5O2/c1-10-7-11(2)21(20-10)9-13-5-4-6-14(8-13)19-15(22)12(3)18-16(17)23/h4-8,12H,9H2,1-3H3,(H,19,22)(H3,17,18,23)/t12-/m1/s1. The Morgan fingerprint density at radius 3 is 2.65 bits per heavy atom. The second-order valence-electron chi connectivity index (χ2n) is 5.50. The number of urea groups is 1. The van der Waals surface area contributed by atoms with E-state index in [1.807, 2.05) is 42.8 Å². The lowest BCUT2D eigenvalue weighted by Gasteiger charge is -2.13. The Morgan fingerprint density at radius 2 is 2.04 bits per heavy atom. The third-order valence-corrected chi connectivity index (χ3v) is 3.38. The van der Waals surface area contributed by atoms with Crippen LogP contribution in [0.15, 0.2) is 30.3 Å². The van der Waals surface area contributed by atoms with Crippen LogP contribution >= 0.6 is 0 Å². The summed E-state index contributed by atoms with van der Waals surface area (Å²) in [7, 11) is 0. The molecule has 0 fully saturated rings. The number of amides is 3. The number of nitrogens with one attached hydrogen (secondary N) is 2. The van der Waals surface area contributed by atoms with Gasteiger partial charge >= 0.3 is 6.03 Å². The summed E-state index contributed by atoms with van der Waals surface area (Å²) in [6.07, 6.45) is 0. The predicted molar refractivity (Wildman–Crippen MR) is 88.1 cm³/mol. The zero-order valence-electron chi connectivity index (χ0n) is 13.5. The molecule has 0 aliphatic carbocycles. The largest absolute Gasteiger partial charge is 0.352 e. The molecule has 0 bridgehead atoms. The lowest BCUT2D eigenvalue weighted by atomic mass is 10.2. The number of hydrogen-bond donors (Lipinski definition) is 3. The van der Waals surface area contributed by atoms with Crippen molar-refractivity contribution in [3.8, 4) is 0 Å². The van der Waals surface area contributed by atoms with Crippen LogP contribution in [0.25, 0.3) is 0 Å². The number of primary amides is 1. The van der Waals surface area contributed by atoms with Crippen molar-refractivity contribution in [1.82, 2.24) is 15.1 Å². The molecule has 0 saturated heterocycles. The van der Waals surface area contributed by atoms with Gasteiger partial charge < -0.3 is 16.4 Å². The molecule has 1 atom stereocenters. The van der Waals surface area contributed by atoms with Crippen molar-refractivity contribution in [3.63, 3.8) is 0 Å². The Balaban J connectivity index is 2.06. The number of carbonyl (C=O) groups excluding carboxylic acids is 2. The van der Waals surface area contributed by atoms with Gasteiger partial charge in [0.15, 0.2) is 0 Å². The van der Waals surface area contributed by atoms with Crippen LogP contribution < -0.4 is 16.4 Å². The average Bonchev–Trinajstić information content (AvgIpc) is 2.76. The molecule has 7 heteroatoms. The van der Waals surface area contributed by atoms with E-state index >= 15 is 0 Å². The molecule has 0 spiro atoms. The molecule has 4 N–H and O–H groups in total. The molecule has 2 rings (SSSR count). The summed E-state index contributed by atoms with van der Waals surface area (Å²) >= 11 is 0. The zero-order valence-corrected chi connectivity index (χ0v) is 13.5. The van der Waals surface area contributed by atoms with Gasteiger partial charge in [-0.2, -0.15) is 5.10 Å². The first kappa shape index (κ1) is 16.5. The number of aryl methyl sites for hydroxylation is 2. The SMILES string of the molecule is Cc1cc(C)n(Cc2cccc(NC(=O)[C@@H](C)NC(N)=O)c2)n1. The van der Waals surface area contributed by atoms with Crippen LogP contribution in [-0.4, -0.2) is 27.8 Å². The summed E-state index contributed by atoms with van der Waals surface area (Å²) in [5.41, 5.74) is 8.74. The molecule has 1 heterocycles. The van der Waals surface area contributed by atoms with Gasteiger partial charge in [0.05, 0.1) is 12.2 Å². The van der Waals surface area contributed by atoms with Crippen molar-refractivity contribution >= 4 is 17.6 Å². The van der Waals surface area contributed by atoms with Crippen LogP contribution in [0.2, 0.25) is 0 Å². The summed E-state index contributed by atoms with van der Waals surface area (Å²) < 4.78 is 1.91. The maximum absolute atomic E-state index is 12.0. The molecule has 23 heavy (non-hydrogen) atoms. The molecule has 2 aromatic rings. The lowest BCUT2D eigenvalue weighted by Crippen LogP contribution is -2.44. The van der Waals surface area contributed by atoms with E-state index < -0.39 is 12.1 Å². The monoisotopic (exact) mass is 315 g/mol. The Bertz CT molecular complexity index is 723. The maximum atomic E-state index is 12.0. The molecular weight excluding hydrogens is 294 g/mol. The molecular formula is C16H21N5O2. The fourth-order valence-electron chi connectivity index (χ4n) is 2.28. The van der Waals surface area contributed by atoms with Crippen molar-refractivity contribution in [2.24, 2.45) is 5.73 Å². The van der Waals surface area contributed by atoms with Crippen molar-refractivity contribution in [2.45, 2.75) is 33.4 Å². The zero-order chi connectivity index (χ0) is 17.0. The number of benzene rings is 1. The van der Waals surface area contributed by atoms with Gasteiger partial charge in [0.2, 0.25) is 5.91 Å². The molecule has 0 aliphatic rings. The van der Waals surface area contributed by atoms with Gasteiger partial charge in [-0.15, -0.1) is 0 Å². The van der Waals surface area contributed by atoms with Gasteiger partial charge in [0, 0.05) is 11.4 Å². The third kappa shape index (κ3) is 4.57. The topological polar surface area (TPSA) is 102 Å². The first-order valence-electron chi connectivity index (χ1n) is 7.32. The van der Waals surface area contributed by atoms with E-state index in [9.17, 15) is 9.59 Å². The van der Waals surface area contributed by atoms with E-state index in [-0.39, 0.29) is 5.91 Å². The van der Waals surface area contributed by atoms with Crippen LogP contribution in [0.4, 0.5) is 10.5 Å². The Labute approximate surface area is 134 Å². The van der Waals surface area contributed by atoms with Crippen LogP contribution in [0.5, 0.6) is 0 Å². The summed E-state index contributed by atoms with van der Waals surface area (Å²) in [5, 5.41) is 9.52. The van der Waals surface area contributed by atoms with E-state index in [0.717, 1.165) is 17.0 Å². The minimum Gasteiger partial charge on any atom is -0.352 e. The second-order valence-corrected chi connectivity index (χ2v) is 5.50. The van der Waals surface area contributed by atoms with E-state index in [0.29, 0.717) is 12.2 Å². The van der Waals surface area contributed by atoms with Crippen molar-refractivity contribution in [1.29, 1.82) is 0 Å². The molecule has 0 saturated carbocycles. The minimum atomic E-state index is -0.731. The van der Waals surface area contributed by atoms with Crippen molar-refractivity contribution in [3.05, 3.63) is 47.3 Å². The molecule has 0 aliphatic heterocycles. The van der Waals surface area contributed by atoms with Gasteiger partial charge in [0.1, 0.15) is 6.04 Å². The highest BCUT2D eigenvalue weighted by molar-refractivity contribution is 5.96. The Morgan fingerprint density at radius 1 is 1.30 bits per heavy atom. The summed E-state index contributed by atoms with van der Waals surface area (Å²) in [6, 6.07) is 8.09. The number of hydrogen-bond acceptors (Lipinski definition) is 3. The predicted octanol–water partition coefficient (Wildman–Crippen LogP) is 1.54. The molecule has 0 radical (unpaired) electrons. The van der Waals surface area contributed by atoms with Crippen LogP contribution in [0.3, 0.4) is 0 Å². The average molecular weight is 315 g/mol. The van der Waals surface area contributed by atoms with Gasteiger partial charge in [-0.05, 0) is 44.5 Å². The smallest absolute Gasteiger partial charge is 0.312 e. The molecule has 3 amide bonds. The van der Waals surface area contributed by atoms with Crippen LogP contribution in [0, 0.1) is 13.8 Å². The van der Waals surface area contributed by atoms with E-state index in [1.165, 1.54) is 0 Å². The first-order valence-corrected chi connectivity index (χ1v) is 7.32. The number of carbonyl (C=O) groups is 2. The van der Waals surface area contributed by atoms with Gasteiger partial charge in [-0.25, -0.2) is 4.79 Å². The lowest BCUT2D eigenvalue weighted by molar-refractivity contribution is -0.117. The van der Waals surface area contributed by atoms with Crippen molar-refractivity contribution in [2.75, 3.05) is 5.32 Å². The normalized spacial score (nSPS) is 11.8. The van der Waals surface area contributed by atoms with E-state index in [1.54, 1.807) is 13.0 Å². The Hall–Kier alpha value is -2.83. The Kier molecular flexibility index (Phi) is 5.00. The van der Waals surface area contributed by atoms with Gasteiger partial charge in [-0.3, -0.25) is 9.48 Å². The molecule has 7 nitrogen and oxygen atoms in total. The van der Waals surface area contributed by atoms with E-state index in [2.05, 4.69) is 15.7 Å². The van der Waals surface area contributed by atoms with Crippen LogP contribution in [0.1, 0.15) is 23.9 Å². The number of nitrogens with zero attached hydrogens (tertiary/aromatic N) is 2. The van der Waals surface area contributed by atoms with Gasteiger partial charge in [-0.1, -0.05) is 12.1 Å². The highest BCUT2D eigenvalue weighted by Crippen LogP contribution is 2.13. The molecule has 122 valence electrons. The molecule has 1 aromatic carbocycles. The molecule has 0 unspecified atom stereocenters. The first-order chi connectivity index (χ1) is 10.8. The maximum Gasteiger partial charge on any atom is 0.312 e. The highest BCUT2D eigenvalue weighted by Gasteiger charge is 2.14. The highest BCUT2D eigenvalue weighted by atomic mass is 16.2. The summed E-state index contributed by atoms with van der Waals surface area (Å²) in [5.74, 6) is -0.327. The number of rotatable bonds is 5. The minimum absolute atomic E-state index is 0.327. The van der Waals surface area contributed by atoms with Crippen LogP contribution in [-0.2, 0) is 11.3 Å². The summed E-state index contributed by atoms with van der Waals surface area (Å²) in [6.45, 7) is 6.15. The van der Waals surface area contributed by atoms with Gasteiger partial charge in [0.25, 0.3) is 0 Å². The third-order valence-electron chi connectivity index (χ3n) is 3.38. The number of nitrogens with two attached hydrogens (primary N) is 1. The fraction of sp³-hybridized carbons (Fsp3) is 0.312. The quantitative estimate of drug-likeness (QED) is 0.780. The number of aromatic nitrogens is 2. The van der Waals surface area contributed by atoms with Crippen molar-refractivity contribution < 1.29 is 9.59 Å². The second kappa shape index (κ2) is 6.95. The fourth-order valence-corrected chi connectivity index (χ4v) is 2.28.